The third-order valence-corrected chi connectivity index (χ3v) is 3.26. The molecule has 0 unspecified atom stereocenters. The number of azo groups is 1. The number of anilines is 2. The van der Waals surface area contributed by atoms with Crippen molar-refractivity contribution in [3.05, 3.63) is 42.7 Å². The molecular formula is C16H20N6S. The molecule has 0 bridgehead atoms. The zero-order valence-electron chi connectivity index (χ0n) is 13.4. The molecule has 0 aliphatic rings. The van der Waals surface area contributed by atoms with Crippen LogP contribution in [-0.4, -0.2) is 30.7 Å². The highest BCUT2D eigenvalue weighted by atomic mass is 32.1. The number of hydrogen-bond acceptors (Lipinski definition) is 5. The van der Waals surface area contributed by atoms with Crippen LogP contribution in [0.3, 0.4) is 0 Å². The zero-order valence-corrected chi connectivity index (χ0v) is 14.3. The van der Waals surface area contributed by atoms with Gasteiger partial charge in [-0.3, -0.25) is 4.98 Å². The molecule has 0 aliphatic carbocycles. The fourth-order valence-corrected chi connectivity index (χ4v) is 2.09. The molecule has 2 N–H and O–H groups in total. The van der Waals surface area contributed by atoms with Crippen molar-refractivity contribution in [1.82, 2.24) is 10.3 Å². The molecule has 0 aliphatic heterocycles. The maximum atomic E-state index is 5.27. The summed E-state index contributed by atoms with van der Waals surface area (Å²) >= 11 is 5.27. The van der Waals surface area contributed by atoms with Crippen LogP contribution < -0.4 is 15.5 Å². The molecule has 1 aromatic carbocycles. The first-order valence-electron chi connectivity index (χ1n) is 7.28. The van der Waals surface area contributed by atoms with E-state index in [-0.39, 0.29) is 0 Å². The van der Waals surface area contributed by atoms with Crippen molar-refractivity contribution in [3.8, 4) is 0 Å². The molecule has 7 heteroatoms. The van der Waals surface area contributed by atoms with E-state index in [4.69, 9.17) is 12.2 Å². The van der Waals surface area contributed by atoms with Gasteiger partial charge in [0.1, 0.15) is 5.69 Å². The third-order valence-electron chi connectivity index (χ3n) is 3.02. The van der Waals surface area contributed by atoms with Gasteiger partial charge in [0.2, 0.25) is 0 Å². The molecule has 0 radical (unpaired) electrons. The Bertz CT molecular complexity index is 684. The highest BCUT2D eigenvalue weighted by Crippen LogP contribution is 2.30. The van der Waals surface area contributed by atoms with Gasteiger partial charge in [-0.25, -0.2) is 0 Å². The lowest BCUT2D eigenvalue weighted by molar-refractivity contribution is 0.979. The van der Waals surface area contributed by atoms with Crippen LogP contribution in [0.2, 0.25) is 0 Å². The first kappa shape index (κ1) is 16.8. The first-order valence-corrected chi connectivity index (χ1v) is 7.69. The van der Waals surface area contributed by atoms with E-state index in [1.807, 2.05) is 44.1 Å². The van der Waals surface area contributed by atoms with Gasteiger partial charge in [0.25, 0.3) is 0 Å². The van der Waals surface area contributed by atoms with Crippen LogP contribution in [0.25, 0.3) is 0 Å². The summed E-state index contributed by atoms with van der Waals surface area (Å²) in [5.74, 6) is 0. The summed E-state index contributed by atoms with van der Waals surface area (Å²) in [6.07, 6.45) is 3.37. The average Bonchev–Trinajstić information content (AvgIpc) is 2.54. The number of pyridine rings is 1. The standard InChI is InChI=1S/C16H20N6S/c1-4-18-16(23)19-15-11-13(22(2)3)5-6-14(15)21-20-12-7-9-17-10-8-12/h5-11H,4H2,1-3H3,(H2,18,19,23). The maximum Gasteiger partial charge on any atom is 0.170 e. The monoisotopic (exact) mass is 328 g/mol. The van der Waals surface area contributed by atoms with Crippen LogP contribution in [0.4, 0.5) is 22.7 Å². The van der Waals surface area contributed by atoms with Gasteiger partial charge in [-0.1, -0.05) is 0 Å². The summed E-state index contributed by atoms with van der Waals surface area (Å²) in [6, 6.07) is 9.49. The molecule has 1 heterocycles. The van der Waals surface area contributed by atoms with Crippen LogP contribution >= 0.6 is 12.2 Å². The molecular weight excluding hydrogens is 308 g/mol. The lowest BCUT2D eigenvalue weighted by Crippen LogP contribution is -2.28. The largest absolute Gasteiger partial charge is 0.378 e. The van der Waals surface area contributed by atoms with Crippen molar-refractivity contribution in [2.45, 2.75) is 6.92 Å². The average molecular weight is 328 g/mol. The van der Waals surface area contributed by atoms with Gasteiger partial charge in [-0.15, -0.1) is 5.11 Å². The van der Waals surface area contributed by atoms with E-state index < -0.39 is 0 Å². The Morgan fingerprint density at radius 2 is 1.91 bits per heavy atom. The van der Waals surface area contributed by atoms with Crippen molar-refractivity contribution in [2.24, 2.45) is 10.2 Å². The highest BCUT2D eigenvalue weighted by molar-refractivity contribution is 7.80. The minimum atomic E-state index is 0.559. The van der Waals surface area contributed by atoms with Gasteiger partial charge in [0.05, 0.1) is 11.4 Å². The molecule has 1 aromatic heterocycles. The molecule has 0 amide bonds. The number of aromatic nitrogens is 1. The smallest absolute Gasteiger partial charge is 0.170 e. The van der Waals surface area contributed by atoms with Crippen molar-refractivity contribution in [3.63, 3.8) is 0 Å². The molecule has 23 heavy (non-hydrogen) atoms. The van der Waals surface area contributed by atoms with E-state index in [9.17, 15) is 0 Å². The van der Waals surface area contributed by atoms with Gasteiger partial charge in [-0.2, -0.15) is 5.11 Å². The van der Waals surface area contributed by atoms with E-state index in [1.54, 1.807) is 24.5 Å². The molecule has 2 aromatic rings. The topological polar surface area (TPSA) is 64.9 Å². The SMILES string of the molecule is CCNC(=S)Nc1cc(N(C)C)ccc1N=Nc1ccncc1. The molecule has 6 nitrogen and oxygen atoms in total. The Morgan fingerprint density at radius 3 is 2.57 bits per heavy atom. The molecule has 0 spiro atoms. The number of nitrogens with one attached hydrogen (secondary N) is 2. The highest BCUT2D eigenvalue weighted by Gasteiger charge is 2.07. The van der Waals surface area contributed by atoms with Gasteiger partial charge in [0, 0.05) is 38.7 Å². The Labute approximate surface area is 141 Å². The summed E-state index contributed by atoms with van der Waals surface area (Å²) in [5.41, 5.74) is 3.32. The number of hydrogen-bond donors (Lipinski definition) is 2. The predicted molar refractivity (Wildman–Crippen MR) is 99.1 cm³/mol. The number of benzene rings is 1. The second-order valence-electron chi connectivity index (χ2n) is 4.99. The normalized spacial score (nSPS) is 10.6. The molecule has 0 saturated heterocycles. The third kappa shape index (κ3) is 5.00. The Morgan fingerprint density at radius 1 is 1.17 bits per heavy atom. The van der Waals surface area contributed by atoms with Crippen molar-refractivity contribution in [1.29, 1.82) is 0 Å². The summed E-state index contributed by atoms with van der Waals surface area (Å²) in [4.78, 5) is 5.98. The second kappa shape index (κ2) is 8.19. The summed E-state index contributed by atoms with van der Waals surface area (Å²) in [5, 5.41) is 15.4. The van der Waals surface area contributed by atoms with Gasteiger partial charge in [-0.05, 0) is 49.5 Å². The maximum absolute atomic E-state index is 5.27. The van der Waals surface area contributed by atoms with Gasteiger partial charge >= 0.3 is 0 Å². The van der Waals surface area contributed by atoms with Gasteiger partial charge < -0.3 is 15.5 Å². The molecule has 120 valence electrons. The van der Waals surface area contributed by atoms with Gasteiger partial charge in [0.15, 0.2) is 5.11 Å². The number of thiocarbonyl (C=S) groups is 1. The molecule has 0 atom stereocenters. The second-order valence-corrected chi connectivity index (χ2v) is 5.39. The fourth-order valence-electron chi connectivity index (χ4n) is 1.84. The summed E-state index contributed by atoms with van der Waals surface area (Å²) in [6.45, 7) is 2.75. The fraction of sp³-hybridized carbons (Fsp3) is 0.250. The Balaban J connectivity index is 2.29. The minimum absolute atomic E-state index is 0.559. The van der Waals surface area contributed by atoms with Crippen LogP contribution in [0.1, 0.15) is 6.92 Å². The van der Waals surface area contributed by atoms with Crippen molar-refractivity contribution in [2.75, 3.05) is 30.9 Å². The first-order chi connectivity index (χ1) is 11.1. The van der Waals surface area contributed by atoms with Crippen LogP contribution in [0.15, 0.2) is 53.0 Å². The number of rotatable bonds is 5. The van der Waals surface area contributed by atoms with E-state index >= 15 is 0 Å². The van der Waals surface area contributed by atoms with E-state index in [2.05, 4.69) is 25.8 Å². The predicted octanol–water partition coefficient (Wildman–Crippen LogP) is 3.87. The van der Waals surface area contributed by atoms with E-state index in [0.717, 1.165) is 23.6 Å². The Hall–Kier alpha value is -2.54. The van der Waals surface area contributed by atoms with Crippen LogP contribution in [0, 0.1) is 0 Å². The summed E-state index contributed by atoms with van der Waals surface area (Å²) in [7, 11) is 3.97. The minimum Gasteiger partial charge on any atom is -0.378 e. The van der Waals surface area contributed by atoms with Crippen LogP contribution in [0.5, 0.6) is 0 Å². The molecule has 2 rings (SSSR count). The lowest BCUT2D eigenvalue weighted by Gasteiger charge is -2.16. The zero-order chi connectivity index (χ0) is 16.7. The lowest BCUT2D eigenvalue weighted by atomic mass is 10.2. The van der Waals surface area contributed by atoms with Crippen molar-refractivity contribution < 1.29 is 0 Å². The van der Waals surface area contributed by atoms with Crippen LogP contribution in [-0.2, 0) is 0 Å². The molecule has 0 saturated carbocycles. The van der Waals surface area contributed by atoms with Crippen molar-refractivity contribution >= 4 is 40.1 Å². The molecule has 0 fully saturated rings. The quantitative estimate of drug-likeness (QED) is 0.644. The summed E-state index contributed by atoms with van der Waals surface area (Å²) < 4.78 is 0. The van der Waals surface area contributed by atoms with E-state index in [1.165, 1.54) is 0 Å². The number of nitrogens with zero attached hydrogens (tertiary/aromatic N) is 4. The van der Waals surface area contributed by atoms with E-state index in [0.29, 0.717) is 10.8 Å². The Kier molecular flexibility index (Phi) is 5.99.